The Morgan fingerprint density at radius 2 is 1.86 bits per heavy atom. The van der Waals surface area contributed by atoms with E-state index in [1.807, 2.05) is 0 Å². The number of carbonyl (C=O) groups excluding carboxylic acids is 2. The van der Waals surface area contributed by atoms with Gasteiger partial charge in [-0.25, -0.2) is 19.5 Å². The summed E-state index contributed by atoms with van der Waals surface area (Å²) in [5, 5.41) is 14.4. The molecule has 3 N–H and O–H groups in total. The summed E-state index contributed by atoms with van der Waals surface area (Å²) in [7, 11) is -0.766. The number of nitrogens with two attached hydrogens (primary N) is 1. The number of benzene rings is 3. The molecule has 0 fully saturated rings. The van der Waals surface area contributed by atoms with E-state index in [0.29, 0.717) is 56.5 Å². The van der Waals surface area contributed by atoms with Crippen LogP contribution in [-0.4, -0.2) is 57.6 Å². The third kappa shape index (κ3) is 6.28. The number of nitrogens with one attached hydrogen (secondary N) is 1. The van der Waals surface area contributed by atoms with Crippen molar-refractivity contribution >= 4 is 50.1 Å². The summed E-state index contributed by atoms with van der Waals surface area (Å²) in [6.45, 7) is 0.367. The first kappa shape index (κ1) is 28.8. The summed E-state index contributed by atoms with van der Waals surface area (Å²) in [4.78, 5) is 29.0. The Morgan fingerprint density at radius 3 is 2.60 bits per heavy atom. The number of aromatic amines is 1. The first-order chi connectivity index (χ1) is 20.0. The standard InChI is InChI=1S/C31H28ClN5O4S/c1-42(2,3)12-11-40-31(39)20-7-9-26-21(14-20)15-27(36-26)29(38)24-18-35-37(30(24)34)28-10-8-23(16-25(28)32)41-22-6-4-5-19(13-22)17-33/h4-10,13-16,18,36H,11-12,34H2,1-3H3. The number of nitrogen functional groups attached to an aromatic ring is 1. The maximum atomic E-state index is 13.4. The Kier molecular flexibility index (Phi) is 7.98. The normalized spacial score (nSPS) is 11.7. The summed E-state index contributed by atoms with van der Waals surface area (Å²) >= 11 is 6.54. The fourth-order valence-corrected chi connectivity index (χ4v) is 5.04. The van der Waals surface area contributed by atoms with Crippen LogP contribution in [0.1, 0.15) is 32.0 Å². The SMILES string of the molecule is CS(C)(C)CCOC(=O)c1ccc2[nH]c(C(=O)c3cnn(-c4ccc(Oc5cccc(C#N)c5)cc4Cl)c3N)cc2c1. The fourth-order valence-electron chi connectivity index (χ4n) is 4.21. The summed E-state index contributed by atoms with van der Waals surface area (Å²) in [5.41, 5.74) is 8.88. The van der Waals surface area contributed by atoms with Crippen LogP contribution in [0.5, 0.6) is 11.5 Å². The van der Waals surface area contributed by atoms with E-state index in [4.69, 9.17) is 32.1 Å². The molecule has 0 bridgehead atoms. The topological polar surface area (TPSA) is 136 Å². The van der Waals surface area contributed by atoms with Crippen LogP contribution in [0.2, 0.25) is 5.02 Å². The number of carbonyl (C=O) groups is 2. The van der Waals surface area contributed by atoms with Crippen molar-refractivity contribution in [1.82, 2.24) is 14.8 Å². The molecule has 3 aromatic carbocycles. The lowest BCUT2D eigenvalue weighted by molar-refractivity contribution is 0.0530. The summed E-state index contributed by atoms with van der Waals surface area (Å²) in [6, 6.07) is 20.6. The van der Waals surface area contributed by atoms with Gasteiger partial charge >= 0.3 is 5.97 Å². The van der Waals surface area contributed by atoms with Crippen LogP contribution in [-0.2, 0) is 4.74 Å². The van der Waals surface area contributed by atoms with Crippen LogP contribution >= 0.6 is 21.6 Å². The monoisotopic (exact) mass is 601 g/mol. The van der Waals surface area contributed by atoms with Crippen molar-refractivity contribution in [2.45, 2.75) is 0 Å². The van der Waals surface area contributed by atoms with Crippen LogP contribution in [0.15, 0.2) is 72.9 Å². The zero-order chi connectivity index (χ0) is 30.0. The zero-order valence-corrected chi connectivity index (χ0v) is 24.8. The van der Waals surface area contributed by atoms with E-state index in [1.165, 1.54) is 10.9 Å². The van der Waals surface area contributed by atoms with Gasteiger partial charge in [0.2, 0.25) is 5.78 Å². The Labute approximate surface area is 249 Å². The van der Waals surface area contributed by atoms with Gasteiger partial charge in [-0.05, 0) is 73.4 Å². The van der Waals surface area contributed by atoms with Gasteiger partial charge in [-0.1, -0.05) is 17.7 Å². The Hall–Kier alpha value is -4.72. The average Bonchev–Trinajstić information content (AvgIpc) is 3.55. The molecule has 0 saturated heterocycles. The second-order valence-electron chi connectivity index (χ2n) is 10.5. The number of aromatic nitrogens is 3. The lowest BCUT2D eigenvalue weighted by atomic mass is 10.1. The van der Waals surface area contributed by atoms with Gasteiger partial charge in [0.15, 0.2) is 0 Å². The molecule has 0 saturated carbocycles. The third-order valence-electron chi connectivity index (χ3n) is 6.43. The van der Waals surface area contributed by atoms with Crippen molar-refractivity contribution in [3.05, 3.63) is 100 Å². The number of nitrogens with zero attached hydrogens (tertiary/aromatic N) is 3. The molecule has 42 heavy (non-hydrogen) atoms. The number of anilines is 1. The molecule has 0 aliphatic heterocycles. The maximum Gasteiger partial charge on any atom is 0.338 e. The largest absolute Gasteiger partial charge is 0.461 e. The van der Waals surface area contributed by atoms with Gasteiger partial charge in [0.05, 0.1) is 52.0 Å². The first-order valence-corrected chi connectivity index (χ1v) is 16.2. The van der Waals surface area contributed by atoms with Crippen LogP contribution in [0.3, 0.4) is 0 Å². The number of halogens is 1. The molecule has 0 aliphatic rings. The predicted octanol–water partition coefficient (Wildman–Crippen LogP) is 6.33. The molecule has 0 spiro atoms. The molecule has 0 radical (unpaired) electrons. The summed E-state index contributed by atoms with van der Waals surface area (Å²) in [6.07, 6.45) is 7.89. The second kappa shape index (κ2) is 11.6. The molecule has 0 atom stereocenters. The van der Waals surface area contributed by atoms with Gasteiger partial charge in [0.1, 0.15) is 17.3 Å². The zero-order valence-electron chi connectivity index (χ0n) is 23.2. The number of ether oxygens (including phenoxy) is 2. The van der Waals surface area contributed by atoms with Crippen molar-refractivity contribution < 1.29 is 19.1 Å². The number of hydrogen-bond acceptors (Lipinski definition) is 7. The van der Waals surface area contributed by atoms with Gasteiger partial charge < -0.3 is 20.2 Å². The molecule has 9 nitrogen and oxygen atoms in total. The number of ketones is 1. The number of esters is 1. The number of hydrogen-bond donors (Lipinski definition) is 2. The maximum absolute atomic E-state index is 13.4. The van der Waals surface area contributed by atoms with Crippen LogP contribution < -0.4 is 10.5 Å². The molecular formula is C31H28ClN5O4S. The Morgan fingerprint density at radius 1 is 1.07 bits per heavy atom. The van der Waals surface area contributed by atoms with Crippen LogP contribution in [0, 0.1) is 11.3 Å². The summed E-state index contributed by atoms with van der Waals surface area (Å²) in [5.74, 6) is 1.14. The van der Waals surface area contributed by atoms with E-state index >= 15 is 0 Å². The van der Waals surface area contributed by atoms with Crippen molar-refractivity contribution in [2.24, 2.45) is 0 Å². The lowest BCUT2D eigenvalue weighted by Gasteiger charge is -2.24. The molecule has 11 heteroatoms. The Bertz CT molecular complexity index is 1870. The van der Waals surface area contributed by atoms with E-state index in [-0.39, 0.29) is 17.2 Å². The highest BCUT2D eigenvalue weighted by Gasteiger charge is 2.21. The summed E-state index contributed by atoms with van der Waals surface area (Å²) < 4.78 is 12.6. The molecule has 2 aromatic heterocycles. The van der Waals surface area contributed by atoms with Gasteiger partial charge in [-0.2, -0.15) is 10.4 Å². The second-order valence-corrected chi connectivity index (χ2v) is 15.5. The molecule has 5 aromatic rings. The van der Waals surface area contributed by atoms with E-state index in [2.05, 4.69) is 34.9 Å². The number of rotatable bonds is 9. The smallest absolute Gasteiger partial charge is 0.338 e. The highest BCUT2D eigenvalue weighted by molar-refractivity contribution is 8.32. The quantitative estimate of drug-likeness (QED) is 0.149. The van der Waals surface area contributed by atoms with E-state index < -0.39 is 16.0 Å². The third-order valence-corrected chi connectivity index (χ3v) is 8.12. The predicted molar refractivity (Wildman–Crippen MR) is 166 cm³/mol. The van der Waals surface area contributed by atoms with E-state index in [0.717, 1.165) is 5.75 Å². The molecule has 214 valence electrons. The molecular weight excluding hydrogens is 574 g/mol. The van der Waals surface area contributed by atoms with Gasteiger partial charge in [0.25, 0.3) is 0 Å². The van der Waals surface area contributed by atoms with Crippen LogP contribution in [0.25, 0.3) is 16.6 Å². The Balaban J connectivity index is 1.33. The molecule has 5 rings (SSSR count). The number of fused-ring (bicyclic) bond motifs is 1. The minimum absolute atomic E-state index is 0.112. The highest BCUT2D eigenvalue weighted by Crippen LogP contribution is 2.34. The number of H-pyrrole nitrogens is 1. The fraction of sp³-hybridized carbons (Fsp3) is 0.161. The van der Waals surface area contributed by atoms with E-state index in [1.54, 1.807) is 66.7 Å². The first-order valence-electron chi connectivity index (χ1n) is 12.8. The van der Waals surface area contributed by atoms with Crippen molar-refractivity contribution in [2.75, 3.05) is 36.9 Å². The molecule has 0 aliphatic carbocycles. The van der Waals surface area contributed by atoms with Crippen molar-refractivity contribution in [3.63, 3.8) is 0 Å². The van der Waals surface area contributed by atoms with Gasteiger partial charge in [0, 0.05) is 22.7 Å². The van der Waals surface area contributed by atoms with Gasteiger partial charge in [-0.3, -0.25) is 4.79 Å². The minimum Gasteiger partial charge on any atom is -0.461 e. The highest BCUT2D eigenvalue weighted by atomic mass is 35.5. The van der Waals surface area contributed by atoms with Crippen molar-refractivity contribution in [3.8, 4) is 23.3 Å². The average molecular weight is 602 g/mol. The number of nitriles is 1. The van der Waals surface area contributed by atoms with E-state index in [9.17, 15) is 9.59 Å². The van der Waals surface area contributed by atoms with Crippen molar-refractivity contribution in [1.29, 1.82) is 5.26 Å². The van der Waals surface area contributed by atoms with Gasteiger partial charge in [-0.15, -0.1) is 0 Å². The molecule has 0 unspecified atom stereocenters. The minimum atomic E-state index is -0.766. The van der Waals surface area contributed by atoms with Crippen LogP contribution in [0.4, 0.5) is 5.82 Å². The molecule has 2 heterocycles. The lowest BCUT2D eigenvalue weighted by Crippen LogP contribution is -2.12. The molecule has 0 amide bonds.